The molecule has 7 nitrogen and oxygen atoms in total. The van der Waals surface area contributed by atoms with Gasteiger partial charge in [0.2, 0.25) is 0 Å². The average molecular weight is 275 g/mol. The molecule has 0 fully saturated rings. The highest BCUT2D eigenvalue weighted by Crippen LogP contribution is 2.20. The summed E-state index contributed by atoms with van der Waals surface area (Å²) in [5.74, 6) is 0.413. The van der Waals surface area contributed by atoms with Crippen LogP contribution in [-0.4, -0.2) is 19.9 Å². The van der Waals surface area contributed by atoms with Crippen LogP contribution in [0.5, 0.6) is 0 Å². The highest BCUT2D eigenvalue weighted by atomic mass is 16.6. The average Bonchev–Trinajstić information content (AvgIpc) is 2.81. The van der Waals surface area contributed by atoms with E-state index in [-0.39, 0.29) is 5.69 Å². The smallest absolute Gasteiger partial charge is 0.271 e. The number of nitro benzene ring substituents is 1. The predicted octanol–water partition coefficient (Wildman–Crippen LogP) is 1.83. The summed E-state index contributed by atoms with van der Waals surface area (Å²) in [6.45, 7) is 4.48. The molecule has 0 saturated carbocycles. The molecule has 1 aromatic heterocycles. The molecule has 0 aliphatic rings. The lowest BCUT2D eigenvalue weighted by atomic mass is 10.1. The van der Waals surface area contributed by atoms with E-state index >= 15 is 0 Å². The Labute approximate surface area is 116 Å². The molecule has 0 amide bonds. The van der Waals surface area contributed by atoms with E-state index in [4.69, 9.17) is 5.73 Å². The Morgan fingerprint density at radius 2 is 2.20 bits per heavy atom. The van der Waals surface area contributed by atoms with Crippen molar-refractivity contribution in [3.63, 3.8) is 0 Å². The monoisotopic (exact) mass is 275 g/mol. The summed E-state index contributed by atoms with van der Waals surface area (Å²) in [4.78, 5) is 10.4. The minimum atomic E-state index is -0.424. The fourth-order valence-corrected chi connectivity index (χ4v) is 2.03. The first kappa shape index (κ1) is 14.1. The molecule has 0 aliphatic carbocycles. The summed E-state index contributed by atoms with van der Waals surface area (Å²) >= 11 is 0. The number of nitrogens with two attached hydrogens (primary N) is 1. The number of hydrogen-bond acceptors (Lipinski definition) is 5. The summed E-state index contributed by atoms with van der Waals surface area (Å²) in [6, 6.07) is 6.34. The zero-order valence-corrected chi connectivity index (χ0v) is 11.5. The first-order valence-electron chi connectivity index (χ1n) is 6.41. The summed E-state index contributed by atoms with van der Waals surface area (Å²) in [5.41, 5.74) is 7.96. The van der Waals surface area contributed by atoms with Gasteiger partial charge in [-0.15, -0.1) is 5.10 Å². The van der Waals surface area contributed by atoms with Crippen molar-refractivity contribution < 1.29 is 4.92 Å². The van der Waals surface area contributed by atoms with Crippen LogP contribution in [-0.2, 0) is 13.0 Å². The number of rotatable bonds is 5. The third kappa shape index (κ3) is 2.83. The molecule has 0 bridgehead atoms. The highest BCUT2D eigenvalue weighted by Gasteiger charge is 2.16. The maximum absolute atomic E-state index is 10.8. The van der Waals surface area contributed by atoms with Crippen molar-refractivity contribution in [1.29, 1.82) is 0 Å². The molecule has 1 aromatic carbocycles. The van der Waals surface area contributed by atoms with E-state index in [1.807, 2.05) is 0 Å². The van der Waals surface area contributed by atoms with Crippen molar-refractivity contribution in [3.05, 3.63) is 45.8 Å². The van der Waals surface area contributed by atoms with Crippen LogP contribution in [0.25, 0.3) is 5.69 Å². The zero-order valence-electron chi connectivity index (χ0n) is 11.5. The Hall–Kier alpha value is -2.28. The van der Waals surface area contributed by atoms with Crippen molar-refractivity contribution in [2.24, 2.45) is 11.7 Å². The van der Waals surface area contributed by atoms with E-state index in [1.165, 1.54) is 12.1 Å². The first-order valence-corrected chi connectivity index (χ1v) is 6.41. The summed E-state index contributed by atoms with van der Waals surface area (Å²) < 4.78 is 1.63. The number of aromatic nitrogens is 3. The fourth-order valence-electron chi connectivity index (χ4n) is 2.03. The molecule has 2 rings (SSSR count). The van der Waals surface area contributed by atoms with Crippen LogP contribution in [0.3, 0.4) is 0 Å². The highest BCUT2D eigenvalue weighted by molar-refractivity contribution is 5.43. The number of nitrogens with zero attached hydrogens (tertiary/aromatic N) is 4. The van der Waals surface area contributed by atoms with Crippen LogP contribution in [0.1, 0.15) is 25.2 Å². The maximum atomic E-state index is 10.8. The summed E-state index contributed by atoms with van der Waals surface area (Å²) in [7, 11) is 0. The van der Waals surface area contributed by atoms with Gasteiger partial charge in [-0.05, 0) is 18.4 Å². The second-order valence-corrected chi connectivity index (χ2v) is 4.97. The third-order valence-electron chi connectivity index (χ3n) is 2.92. The van der Waals surface area contributed by atoms with Gasteiger partial charge in [-0.1, -0.05) is 25.1 Å². The molecule has 0 radical (unpaired) electrons. The Morgan fingerprint density at radius 3 is 2.80 bits per heavy atom. The van der Waals surface area contributed by atoms with Crippen molar-refractivity contribution in [2.75, 3.05) is 0 Å². The second-order valence-electron chi connectivity index (χ2n) is 4.97. The van der Waals surface area contributed by atoms with Gasteiger partial charge in [-0.25, -0.2) is 4.68 Å². The Morgan fingerprint density at radius 1 is 1.45 bits per heavy atom. The topological polar surface area (TPSA) is 99.9 Å². The molecule has 1 heterocycles. The van der Waals surface area contributed by atoms with E-state index in [0.29, 0.717) is 18.2 Å². The molecule has 2 N–H and O–H groups in total. The normalized spacial score (nSPS) is 11.0. The van der Waals surface area contributed by atoms with Gasteiger partial charge >= 0.3 is 0 Å². The van der Waals surface area contributed by atoms with E-state index < -0.39 is 4.92 Å². The van der Waals surface area contributed by atoms with Crippen molar-refractivity contribution in [2.45, 2.75) is 26.8 Å². The van der Waals surface area contributed by atoms with Gasteiger partial charge in [0.05, 0.1) is 22.0 Å². The summed E-state index contributed by atoms with van der Waals surface area (Å²) in [5, 5.41) is 19.0. The molecule has 7 heteroatoms. The van der Waals surface area contributed by atoms with Gasteiger partial charge in [0.15, 0.2) is 0 Å². The van der Waals surface area contributed by atoms with E-state index in [2.05, 4.69) is 24.2 Å². The molecular formula is C13H17N5O2. The Balaban J connectivity index is 2.49. The van der Waals surface area contributed by atoms with Crippen LogP contribution in [0, 0.1) is 16.0 Å². The Bertz CT molecular complexity index is 621. The van der Waals surface area contributed by atoms with Crippen molar-refractivity contribution in [1.82, 2.24) is 15.0 Å². The van der Waals surface area contributed by atoms with Gasteiger partial charge in [0.1, 0.15) is 0 Å². The van der Waals surface area contributed by atoms with Gasteiger partial charge in [-0.2, -0.15) is 0 Å². The minimum absolute atomic E-state index is 0.0304. The lowest BCUT2D eigenvalue weighted by molar-refractivity contribution is -0.384. The maximum Gasteiger partial charge on any atom is 0.271 e. The van der Waals surface area contributed by atoms with Gasteiger partial charge in [0.25, 0.3) is 5.69 Å². The van der Waals surface area contributed by atoms with Crippen LogP contribution in [0.2, 0.25) is 0 Å². The molecule has 0 saturated heterocycles. The molecule has 0 spiro atoms. The third-order valence-corrected chi connectivity index (χ3v) is 2.92. The van der Waals surface area contributed by atoms with Gasteiger partial charge < -0.3 is 5.73 Å². The number of non-ortho nitro benzene ring substituents is 1. The van der Waals surface area contributed by atoms with E-state index in [9.17, 15) is 10.1 Å². The number of nitro groups is 1. The first-order chi connectivity index (χ1) is 9.52. The number of hydrogen-bond donors (Lipinski definition) is 1. The largest absolute Gasteiger partial charge is 0.325 e. The van der Waals surface area contributed by atoms with Gasteiger partial charge in [-0.3, -0.25) is 10.1 Å². The molecule has 0 atom stereocenters. The Kier molecular flexibility index (Phi) is 4.09. The molecule has 20 heavy (non-hydrogen) atoms. The molecule has 106 valence electrons. The minimum Gasteiger partial charge on any atom is -0.325 e. The fraction of sp³-hybridized carbons (Fsp3) is 0.385. The molecule has 2 aromatic rings. The van der Waals surface area contributed by atoms with Crippen LogP contribution in [0.15, 0.2) is 24.3 Å². The lowest BCUT2D eigenvalue weighted by Gasteiger charge is -2.09. The second kappa shape index (κ2) is 5.79. The SMILES string of the molecule is CC(C)Cc1c(CN)nnn1-c1cccc([N+](=O)[O-])c1. The van der Waals surface area contributed by atoms with Crippen molar-refractivity contribution in [3.8, 4) is 5.69 Å². The van der Waals surface area contributed by atoms with Crippen LogP contribution >= 0.6 is 0 Å². The standard InChI is InChI=1S/C13H17N5O2/c1-9(2)6-13-12(8-14)15-16-17(13)10-4-3-5-11(7-10)18(19)20/h3-5,7,9H,6,8,14H2,1-2H3. The van der Waals surface area contributed by atoms with Crippen LogP contribution in [0.4, 0.5) is 5.69 Å². The quantitative estimate of drug-likeness (QED) is 0.662. The van der Waals surface area contributed by atoms with E-state index in [0.717, 1.165) is 17.8 Å². The molecule has 0 unspecified atom stereocenters. The van der Waals surface area contributed by atoms with Crippen molar-refractivity contribution >= 4 is 5.69 Å². The number of benzene rings is 1. The summed E-state index contributed by atoms with van der Waals surface area (Å²) in [6.07, 6.45) is 0.766. The van der Waals surface area contributed by atoms with Crippen LogP contribution < -0.4 is 5.73 Å². The zero-order chi connectivity index (χ0) is 14.7. The lowest BCUT2D eigenvalue weighted by Crippen LogP contribution is -2.09. The van der Waals surface area contributed by atoms with Gasteiger partial charge in [0, 0.05) is 18.7 Å². The van der Waals surface area contributed by atoms with E-state index in [1.54, 1.807) is 16.8 Å². The molecule has 0 aliphatic heterocycles. The predicted molar refractivity (Wildman–Crippen MR) is 74.4 cm³/mol. The molecular weight excluding hydrogens is 258 g/mol.